The van der Waals surface area contributed by atoms with E-state index in [-0.39, 0.29) is 6.54 Å². The molecule has 1 N–H and O–H groups in total. The molecule has 0 spiro atoms. The van der Waals surface area contributed by atoms with Gasteiger partial charge in [0.1, 0.15) is 30.9 Å². The fourth-order valence-electron chi connectivity index (χ4n) is 9.42. The lowest BCUT2D eigenvalue weighted by Crippen LogP contribution is -2.56. The molecule has 16 nitrogen and oxygen atoms in total. The fourth-order valence-corrected chi connectivity index (χ4v) is 9.42. The number of likely N-dealkylation sites (N-methyl/N-ethyl adjacent to an activating group) is 2. The molecule has 18 heteroatoms. The number of hydrogen-bond donors (Lipinski definition) is 1. The van der Waals surface area contributed by atoms with E-state index in [0.717, 1.165) is 107 Å². The van der Waals surface area contributed by atoms with Gasteiger partial charge in [0.25, 0.3) is 5.91 Å². The Balaban J connectivity index is 0.000000188. The van der Waals surface area contributed by atoms with Crippen molar-refractivity contribution < 1.29 is 33.0 Å². The maximum Gasteiger partial charge on any atom is 0.364 e. The van der Waals surface area contributed by atoms with Crippen LogP contribution in [0.5, 0.6) is 12.0 Å². The Morgan fingerprint density at radius 2 is 1.19 bits per heavy atom. The van der Waals surface area contributed by atoms with Gasteiger partial charge in [0, 0.05) is 61.9 Å². The largest absolute Gasteiger partial charge is 0.476 e. The maximum atomic E-state index is 13.5. The van der Waals surface area contributed by atoms with Crippen molar-refractivity contribution in [3.63, 3.8) is 0 Å². The average Bonchev–Trinajstić information content (AvgIpc) is 4.11. The summed E-state index contributed by atoms with van der Waals surface area (Å²) in [4.78, 5) is 58.1. The van der Waals surface area contributed by atoms with Gasteiger partial charge in [-0.05, 0) is 104 Å². The Bertz CT molecular complexity index is 2050. The maximum absolute atomic E-state index is 13.5. The molecule has 0 bridgehead atoms. The van der Waals surface area contributed by atoms with E-state index in [1.165, 1.54) is 35.4 Å². The summed E-state index contributed by atoms with van der Waals surface area (Å²) < 4.78 is 36.6. The number of fused-ring (bicyclic) bond motifs is 2. The quantitative estimate of drug-likeness (QED) is 0.226. The monoisotopic (exact) mass is 873 g/mol. The van der Waals surface area contributed by atoms with Crippen LogP contribution in [-0.2, 0) is 35.3 Å². The van der Waals surface area contributed by atoms with Crippen LogP contribution in [0.3, 0.4) is 0 Å². The third-order valence-corrected chi connectivity index (χ3v) is 12.9. The van der Waals surface area contributed by atoms with Crippen LogP contribution < -0.4 is 19.3 Å². The van der Waals surface area contributed by atoms with Crippen molar-refractivity contribution in [2.45, 2.75) is 95.2 Å². The number of piperidine rings is 1. The highest BCUT2D eigenvalue weighted by molar-refractivity contribution is 5.91. The molecule has 1 amide bonds. The molecule has 0 aromatic carbocycles. The highest BCUT2D eigenvalue weighted by atomic mass is 19.1. The number of aromatic nitrogens is 4. The highest BCUT2D eigenvalue weighted by Gasteiger charge is 2.36. The number of piperazine rings is 1. The number of nitrogens with zero attached hydrogens (tertiary/aromatic N) is 11. The number of rotatable bonds is 12. The summed E-state index contributed by atoms with van der Waals surface area (Å²) >= 11 is 0. The van der Waals surface area contributed by atoms with Gasteiger partial charge in [-0.15, -0.1) is 0 Å². The lowest BCUT2D eigenvalue weighted by molar-refractivity contribution is -0.134. The van der Waals surface area contributed by atoms with Crippen molar-refractivity contribution >= 4 is 23.5 Å². The second kappa shape index (κ2) is 22.2. The number of anilines is 2. The Hall–Kier alpha value is -5.46. The highest BCUT2D eigenvalue weighted by Crippen LogP contribution is 2.34. The van der Waals surface area contributed by atoms with Crippen LogP contribution in [0.25, 0.3) is 9.69 Å². The molecule has 2 aliphatic carbocycles. The Morgan fingerprint density at radius 3 is 1.65 bits per heavy atom. The van der Waals surface area contributed by atoms with Gasteiger partial charge in [0.2, 0.25) is 18.9 Å². The number of ether oxygens (including phenoxy) is 2. The van der Waals surface area contributed by atoms with Crippen LogP contribution in [0, 0.1) is 19.1 Å². The molecule has 4 aliphatic heterocycles. The summed E-state index contributed by atoms with van der Waals surface area (Å²) in [5.74, 6) is -2.27. The van der Waals surface area contributed by atoms with Crippen LogP contribution in [0.4, 0.5) is 20.4 Å². The van der Waals surface area contributed by atoms with Crippen LogP contribution in [0.1, 0.15) is 73.9 Å². The van der Waals surface area contributed by atoms with Crippen molar-refractivity contribution in [1.29, 1.82) is 0 Å². The first-order valence-electron chi connectivity index (χ1n) is 22.2. The van der Waals surface area contributed by atoms with E-state index in [4.69, 9.17) is 42.7 Å². The molecule has 6 aliphatic rings. The van der Waals surface area contributed by atoms with Gasteiger partial charge in [0.05, 0.1) is 11.4 Å². The predicted octanol–water partition coefficient (Wildman–Crippen LogP) is 4.99. The minimum Gasteiger partial charge on any atom is -0.476 e. The van der Waals surface area contributed by atoms with E-state index >= 15 is 0 Å². The average molecular weight is 874 g/mol. The van der Waals surface area contributed by atoms with Gasteiger partial charge in [-0.1, -0.05) is 13.2 Å². The molecule has 63 heavy (non-hydrogen) atoms. The van der Waals surface area contributed by atoms with Gasteiger partial charge in [0.15, 0.2) is 5.83 Å². The molecule has 4 atom stereocenters. The van der Waals surface area contributed by atoms with Gasteiger partial charge in [-0.25, -0.2) is 22.3 Å². The number of carboxylic acids is 1. The first-order valence-corrected chi connectivity index (χ1v) is 22.2. The van der Waals surface area contributed by atoms with Crippen molar-refractivity contribution in [3.05, 3.63) is 70.2 Å². The molecule has 0 radical (unpaired) electrons. The van der Waals surface area contributed by atoms with Crippen molar-refractivity contribution in [2.75, 3.05) is 96.0 Å². The number of carbonyl (C=O) groups is 2. The zero-order valence-corrected chi connectivity index (χ0v) is 36.7. The third-order valence-electron chi connectivity index (χ3n) is 12.9. The molecule has 2 aromatic heterocycles. The standard InChI is InChI=1S/C22H29FN6O2.C20H29N5O.C3H3FO2/c1-15(23)21(30)29-11-10-28(13-17(29)12-24-2)20-18-7-4-8-19(18)25-22(26-20)31-14-16-6-5-9-27(16)3;1-21-12-15-6-4-11-25(13-15)19-17-8-3-9-18(17)22-20(23-19)26-14-16-7-5-10-24(16)2;1-2(4)3(5)6/h16-17H,1,4-14H2,3H3;15-16H,3-14H2,2H3;1H2,(H,5,6)/t16-,17-;15-,16-;/m00./s1. The topological polar surface area (TPSA) is 149 Å². The fraction of sp³-hybridized carbons (Fsp3) is 0.644. The zero-order valence-electron chi connectivity index (χ0n) is 36.7. The summed E-state index contributed by atoms with van der Waals surface area (Å²) in [6.07, 6.45) is 13.1. The number of hydrogen-bond acceptors (Lipinski definition) is 12. The summed E-state index contributed by atoms with van der Waals surface area (Å²) in [6, 6.07) is 1.40. The van der Waals surface area contributed by atoms with E-state index in [0.29, 0.717) is 69.4 Å². The Kier molecular flexibility index (Phi) is 16.6. The minimum absolute atomic E-state index is 0.111. The van der Waals surface area contributed by atoms with Crippen molar-refractivity contribution in [2.24, 2.45) is 5.92 Å². The lowest BCUT2D eigenvalue weighted by atomic mass is 9.98. The minimum atomic E-state index is -1.60. The SMILES string of the molecule is C=C(F)C(=O)O.[C-]#[N+]C[C@@H]1CCCN(c2nc(OC[C@@H]3CCCN3C)nc3c2CCC3)C1.[C-]#[N+]C[C@H]1CN(c2nc(OC[C@@H]3CCCN3C)nc3c2CCC3)CCN1C(=O)C(=C)F. The molecule has 4 fully saturated rings. The summed E-state index contributed by atoms with van der Waals surface area (Å²) in [6.45, 7) is 27.5. The van der Waals surface area contributed by atoms with Crippen molar-refractivity contribution in [3.8, 4) is 12.0 Å². The molecule has 2 aromatic rings. The van der Waals surface area contributed by atoms with E-state index < -0.39 is 29.6 Å². The number of aryl methyl sites for hydroxylation is 2. The molecular formula is C45H61F2N11O5. The second-order valence-corrected chi connectivity index (χ2v) is 17.2. The van der Waals surface area contributed by atoms with Crippen LogP contribution >= 0.6 is 0 Å². The van der Waals surface area contributed by atoms with Crippen molar-refractivity contribution in [1.82, 2.24) is 34.6 Å². The van der Waals surface area contributed by atoms with Gasteiger partial charge >= 0.3 is 18.0 Å². The number of amides is 1. The molecule has 4 saturated heterocycles. The van der Waals surface area contributed by atoms with Crippen LogP contribution in [-0.4, -0.2) is 156 Å². The molecule has 0 saturated carbocycles. The van der Waals surface area contributed by atoms with E-state index in [1.807, 2.05) is 0 Å². The number of likely N-dealkylation sites (tertiary alicyclic amines) is 2. The third kappa shape index (κ3) is 12.2. The number of halogens is 2. The smallest absolute Gasteiger partial charge is 0.364 e. The first-order chi connectivity index (χ1) is 30.4. The normalized spacial score (nSPS) is 23.0. The Labute approximate surface area is 369 Å². The van der Waals surface area contributed by atoms with Gasteiger partial charge < -0.3 is 48.8 Å². The summed E-state index contributed by atoms with van der Waals surface area (Å²) in [7, 11) is 4.28. The van der Waals surface area contributed by atoms with Crippen LogP contribution in [0.15, 0.2) is 24.8 Å². The number of carboxylic acid groups (broad SMARTS) is 1. The predicted molar refractivity (Wildman–Crippen MR) is 234 cm³/mol. The number of aliphatic carboxylic acids is 1. The van der Waals surface area contributed by atoms with Crippen LogP contribution in [0.2, 0.25) is 0 Å². The molecule has 340 valence electrons. The molecule has 6 heterocycles. The number of carbonyl (C=O) groups excluding carboxylic acids is 1. The van der Waals surface area contributed by atoms with E-state index in [2.05, 4.69) is 61.5 Å². The van der Waals surface area contributed by atoms with Gasteiger partial charge in [-0.3, -0.25) is 4.79 Å². The molecule has 0 unspecified atom stereocenters. The van der Waals surface area contributed by atoms with E-state index in [1.54, 1.807) is 0 Å². The molecular weight excluding hydrogens is 813 g/mol. The Morgan fingerprint density at radius 1 is 0.683 bits per heavy atom. The van der Waals surface area contributed by atoms with Gasteiger partial charge in [-0.2, -0.15) is 24.3 Å². The first kappa shape index (κ1) is 47.0. The molecule has 8 rings (SSSR count). The second-order valence-electron chi connectivity index (χ2n) is 17.2. The summed E-state index contributed by atoms with van der Waals surface area (Å²) in [5.41, 5.74) is 4.65. The lowest BCUT2D eigenvalue weighted by Gasteiger charge is -2.40. The van der Waals surface area contributed by atoms with E-state index in [9.17, 15) is 18.4 Å². The summed E-state index contributed by atoms with van der Waals surface area (Å²) in [5, 5.41) is 7.52. The zero-order chi connectivity index (χ0) is 45.0.